The molecule has 0 bridgehead atoms. The van der Waals surface area contributed by atoms with Gasteiger partial charge in [-0.05, 0) is 47.8 Å². The number of hydrogen-bond donors (Lipinski definition) is 4. The summed E-state index contributed by atoms with van der Waals surface area (Å²) in [5.74, 6) is -2.30. The third kappa shape index (κ3) is 7.68. The smallest absolute Gasteiger partial charge is 0.316 e. The number of ketones is 1. The SMILES string of the molecule is CC(C)(C)SC1(NC(=O)N[C@H](C(=O)N2CC3[C@@H]([C@H]2C(=O)NC(CC2CC2)C(=O)C(N)=O)C3(C)C)C(C)(C)C)CCCCC1. The number of nitrogens with one attached hydrogen (secondary N) is 3. The molecule has 11 heteroatoms. The molecule has 43 heavy (non-hydrogen) atoms. The van der Waals surface area contributed by atoms with Crippen LogP contribution in [0.4, 0.5) is 4.79 Å². The van der Waals surface area contributed by atoms with Gasteiger partial charge in [-0.15, -0.1) is 11.8 Å². The number of thioether (sulfide) groups is 1. The Labute approximate surface area is 261 Å². The Kier molecular flexibility index (Phi) is 9.29. The Balaban J connectivity index is 1.53. The van der Waals surface area contributed by atoms with Crippen LogP contribution in [-0.2, 0) is 19.2 Å². The molecule has 0 aromatic rings. The van der Waals surface area contributed by atoms with Gasteiger partial charge in [0.25, 0.3) is 5.91 Å². The molecular weight excluding hydrogens is 566 g/mol. The zero-order valence-corrected chi connectivity index (χ0v) is 28.1. The quantitative estimate of drug-likeness (QED) is 0.216. The van der Waals surface area contributed by atoms with Crippen LogP contribution in [0.3, 0.4) is 0 Å². The maximum absolute atomic E-state index is 14.3. The van der Waals surface area contributed by atoms with Gasteiger partial charge in [0.15, 0.2) is 0 Å². The van der Waals surface area contributed by atoms with Gasteiger partial charge < -0.3 is 26.6 Å². The summed E-state index contributed by atoms with van der Waals surface area (Å²) in [7, 11) is 0. The van der Waals surface area contributed by atoms with Crippen LogP contribution in [0.1, 0.15) is 107 Å². The Morgan fingerprint density at radius 3 is 2.07 bits per heavy atom. The number of nitrogens with zero attached hydrogens (tertiary/aromatic N) is 1. The number of amides is 5. The van der Waals surface area contributed by atoms with Crippen molar-refractivity contribution in [2.24, 2.45) is 34.3 Å². The molecule has 4 aliphatic rings. The van der Waals surface area contributed by atoms with Crippen molar-refractivity contribution in [1.29, 1.82) is 0 Å². The first kappa shape index (κ1) is 33.6. The first-order chi connectivity index (χ1) is 19.8. The third-order valence-corrected chi connectivity index (χ3v) is 11.3. The minimum Gasteiger partial charge on any atom is -0.363 e. The molecule has 1 aliphatic heterocycles. The van der Waals surface area contributed by atoms with E-state index in [4.69, 9.17) is 5.73 Å². The van der Waals surface area contributed by atoms with Crippen molar-refractivity contribution >= 4 is 41.3 Å². The molecule has 3 saturated carbocycles. The van der Waals surface area contributed by atoms with Gasteiger partial charge in [-0.2, -0.15) is 0 Å². The van der Waals surface area contributed by atoms with E-state index in [1.807, 2.05) is 20.8 Å². The maximum Gasteiger partial charge on any atom is 0.316 e. The Bertz CT molecular complexity index is 1130. The van der Waals surface area contributed by atoms with Gasteiger partial charge in [0.05, 0.1) is 10.9 Å². The van der Waals surface area contributed by atoms with Crippen LogP contribution < -0.4 is 21.7 Å². The van der Waals surface area contributed by atoms with Gasteiger partial charge in [0, 0.05) is 11.3 Å². The molecule has 5 atom stereocenters. The minimum atomic E-state index is -1.07. The molecule has 10 nitrogen and oxygen atoms in total. The van der Waals surface area contributed by atoms with Crippen molar-refractivity contribution < 1.29 is 24.0 Å². The number of carbonyl (C=O) groups excluding carboxylic acids is 5. The van der Waals surface area contributed by atoms with E-state index in [-0.39, 0.29) is 39.9 Å². The van der Waals surface area contributed by atoms with Crippen LogP contribution in [0.25, 0.3) is 0 Å². The second-order valence-corrected chi connectivity index (χ2v) is 18.2. The van der Waals surface area contributed by atoms with Crippen LogP contribution in [0.15, 0.2) is 0 Å². The number of rotatable bonds is 10. The van der Waals surface area contributed by atoms with Gasteiger partial charge in [-0.3, -0.25) is 19.2 Å². The summed E-state index contributed by atoms with van der Waals surface area (Å²) in [6.45, 7) is 16.7. The van der Waals surface area contributed by atoms with Crippen LogP contribution >= 0.6 is 11.8 Å². The molecule has 1 heterocycles. The van der Waals surface area contributed by atoms with Crippen LogP contribution in [0.5, 0.6) is 0 Å². The standard InChI is InChI=1S/C32H53N5O5S/c1-29(2,3)24(35-28(42)36-32(43-30(4,5)6)14-10-9-11-15-32)27(41)37-17-19-21(31(19,7)8)22(37)26(40)34-20(16-18-12-13-18)23(38)25(33)39/h18-22,24H,9-17H2,1-8H3,(H2,33,39)(H,34,40)(H2,35,36,42)/t19?,20?,21-,22-,24+/m0/s1. The summed E-state index contributed by atoms with van der Waals surface area (Å²) in [6.07, 6.45) is 7.21. The summed E-state index contributed by atoms with van der Waals surface area (Å²) < 4.78 is -0.0545. The van der Waals surface area contributed by atoms with E-state index in [9.17, 15) is 24.0 Å². The number of nitrogens with two attached hydrogens (primary N) is 1. The predicted molar refractivity (Wildman–Crippen MR) is 168 cm³/mol. The largest absolute Gasteiger partial charge is 0.363 e. The fraction of sp³-hybridized carbons (Fsp3) is 0.844. The normalized spacial score (nSPS) is 27.3. The lowest BCUT2D eigenvalue weighted by Gasteiger charge is -2.43. The molecule has 4 fully saturated rings. The van der Waals surface area contributed by atoms with Gasteiger partial charge >= 0.3 is 6.03 Å². The highest BCUT2D eigenvalue weighted by atomic mass is 32.2. The number of primary amides is 1. The topological polar surface area (TPSA) is 151 Å². The van der Waals surface area contributed by atoms with Gasteiger partial charge in [0.1, 0.15) is 12.1 Å². The second kappa shape index (κ2) is 11.9. The average molecular weight is 620 g/mol. The molecule has 2 unspecified atom stereocenters. The first-order valence-electron chi connectivity index (χ1n) is 16.0. The molecule has 3 aliphatic carbocycles. The maximum atomic E-state index is 14.3. The van der Waals surface area contributed by atoms with Crippen molar-refractivity contribution in [3.8, 4) is 0 Å². The van der Waals surface area contributed by atoms with E-state index in [2.05, 4.69) is 50.6 Å². The lowest BCUT2D eigenvalue weighted by molar-refractivity contribution is -0.145. The van der Waals surface area contributed by atoms with E-state index in [0.29, 0.717) is 13.0 Å². The Hall–Kier alpha value is -2.30. The number of urea groups is 1. The highest BCUT2D eigenvalue weighted by Crippen LogP contribution is 2.65. The zero-order chi connectivity index (χ0) is 32.1. The molecule has 0 radical (unpaired) electrons. The molecular formula is C32H53N5O5S. The van der Waals surface area contributed by atoms with E-state index >= 15 is 0 Å². The summed E-state index contributed by atoms with van der Waals surface area (Å²) in [4.78, 5) is 67.3. The molecule has 5 amide bonds. The van der Waals surface area contributed by atoms with Gasteiger partial charge in [0.2, 0.25) is 17.6 Å². The van der Waals surface area contributed by atoms with E-state index < -0.39 is 46.0 Å². The summed E-state index contributed by atoms with van der Waals surface area (Å²) in [6, 6.07) is -3.05. The molecule has 0 aromatic carbocycles. The van der Waals surface area contributed by atoms with Crippen LogP contribution in [0, 0.1) is 28.6 Å². The summed E-state index contributed by atoms with van der Waals surface area (Å²) in [5, 5.41) is 9.07. The molecule has 5 N–H and O–H groups in total. The Morgan fingerprint density at radius 2 is 1.56 bits per heavy atom. The number of hydrogen-bond acceptors (Lipinski definition) is 6. The fourth-order valence-corrected chi connectivity index (χ4v) is 9.12. The van der Waals surface area contributed by atoms with Crippen molar-refractivity contribution in [2.75, 3.05) is 6.54 Å². The predicted octanol–water partition coefficient (Wildman–Crippen LogP) is 3.71. The lowest BCUT2D eigenvalue weighted by Crippen LogP contribution is -2.63. The van der Waals surface area contributed by atoms with Crippen LogP contribution in [0.2, 0.25) is 0 Å². The summed E-state index contributed by atoms with van der Waals surface area (Å²) in [5.41, 5.74) is 4.53. The first-order valence-corrected chi connectivity index (χ1v) is 16.8. The van der Waals surface area contributed by atoms with Crippen molar-refractivity contribution in [2.45, 2.75) is 134 Å². The third-order valence-electron chi connectivity index (χ3n) is 9.79. The minimum absolute atomic E-state index is 0.0545. The van der Waals surface area contributed by atoms with E-state index in [1.165, 1.54) is 0 Å². The molecule has 242 valence electrons. The van der Waals surface area contributed by atoms with Crippen LogP contribution in [-0.4, -0.2) is 68.7 Å². The van der Waals surface area contributed by atoms with Gasteiger partial charge in [-0.1, -0.05) is 87.5 Å². The molecule has 1 saturated heterocycles. The number of carbonyl (C=O) groups is 5. The Morgan fingerprint density at radius 1 is 0.953 bits per heavy atom. The number of Topliss-reactive ketones (excluding diaryl/α,β-unsaturated/α-hetero) is 1. The highest BCUT2D eigenvalue weighted by molar-refractivity contribution is 8.01. The molecule has 0 aromatic heterocycles. The van der Waals surface area contributed by atoms with Gasteiger partial charge in [-0.25, -0.2) is 4.79 Å². The monoisotopic (exact) mass is 619 g/mol. The van der Waals surface area contributed by atoms with Crippen molar-refractivity contribution in [3.63, 3.8) is 0 Å². The molecule has 4 rings (SSSR count). The highest BCUT2D eigenvalue weighted by Gasteiger charge is 2.70. The summed E-state index contributed by atoms with van der Waals surface area (Å²) >= 11 is 1.77. The van der Waals surface area contributed by atoms with Crippen molar-refractivity contribution in [1.82, 2.24) is 20.9 Å². The fourth-order valence-electron chi connectivity index (χ4n) is 7.31. The molecule has 0 spiro atoms. The zero-order valence-electron chi connectivity index (χ0n) is 27.3. The van der Waals surface area contributed by atoms with E-state index in [1.54, 1.807) is 16.7 Å². The lowest BCUT2D eigenvalue weighted by atomic mass is 9.85. The van der Waals surface area contributed by atoms with E-state index in [0.717, 1.165) is 44.9 Å². The average Bonchev–Trinajstić information content (AvgIpc) is 3.72. The number of likely N-dealkylation sites (tertiary alicyclic amines) is 1. The number of piperidine rings is 1. The van der Waals surface area contributed by atoms with Crippen molar-refractivity contribution in [3.05, 3.63) is 0 Å². The second-order valence-electron chi connectivity index (χ2n) is 16.0. The number of fused-ring (bicyclic) bond motifs is 1.